The Bertz CT molecular complexity index is 1110. The van der Waals surface area contributed by atoms with Gasteiger partial charge in [-0.05, 0) is 24.3 Å². The number of ether oxygens (including phenoxy) is 3. The Morgan fingerprint density at radius 2 is 1.89 bits per heavy atom. The van der Waals surface area contributed by atoms with E-state index >= 15 is 0 Å². The molecule has 0 aliphatic heterocycles. The van der Waals surface area contributed by atoms with Crippen LogP contribution in [0.15, 0.2) is 34.9 Å². The van der Waals surface area contributed by atoms with Crippen LogP contribution in [0, 0.1) is 0 Å². The molecule has 0 saturated carbocycles. The van der Waals surface area contributed by atoms with E-state index in [-0.39, 0.29) is 5.91 Å². The highest BCUT2D eigenvalue weighted by Gasteiger charge is 2.20. The summed E-state index contributed by atoms with van der Waals surface area (Å²) in [6.07, 6.45) is 1.54. The summed E-state index contributed by atoms with van der Waals surface area (Å²) in [7, 11) is 4.46. The van der Waals surface area contributed by atoms with E-state index in [1.54, 1.807) is 24.3 Å². The number of nitrogens with one attached hydrogen (secondary N) is 1. The van der Waals surface area contributed by atoms with Crippen molar-refractivity contribution in [1.82, 2.24) is 19.8 Å². The van der Waals surface area contributed by atoms with Gasteiger partial charge in [-0.2, -0.15) is 4.52 Å². The third-order valence-corrected chi connectivity index (χ3v) is 4.69. The molecule has 144 valence electrons. The van der Waals surface area contributed by atoms with Crippen LogP contribution >= 0.6 is 11.3 Å². The maximum Gasteiger partial charge on any atom is 0.257 e. The minimum Gasteiger partial charge on any atom is -0.493 e. The molecule has 1 amide bonds. The second kappa shape index (κ2) is 7.19. The summed E-state index contributed by atoms with van der Waals surface area (Å²) >= 11 is 1.18. The molecule has 28 heavy (non-hydrogen) atoms. The van der Waals surface area contributed by atoms with Crippen molar-refractivity contribution in [3.05, 3.63) is 36.1 Å². The molecule has 1 aromatic carbocycles. The molecule has 0 fully saturated rings. The van der Waals surface area contributed by atoms with E-state index in [0.717, 1.165) is 0 Å². The summed E-state index contributed by atoms with van der Waals surface area (Å²) < 4.78 is 22.7. The van der Waals surface area contributed by atoms with Gasteiger partial charge in [0.25, 0.3) is 5.91 Å². The molecule has 11 heteroatoms. The molecule has 0 aliphatic carbocycles. The molecule has 1 N–H and O–H groups in total. The van der Waals surface area contributed by atoms with Crippen LogP contribution in [-0.2, 0) is 0 Å². The number of aromatic nitrogens is 4. The van der Waals surface area contributed by atoms with Crippen LogP contribution in [0.4, 0.5) is 5.13 Å². The number of amides is 1. The molecule has 0 bridgehead atoms. The number of fused-ring (bicyclic) bond motifs is 1. The number of carbonyl (C=O) groups is 1. The average Bonchev–Trinajstić information content (AvgIpc) is 3.43. The second-order valence-electron chi connectivity index (χ2n) is 5.47. The van der Waals surface area contributed by atoms with Gasteiger partial charge in [0.15, 0.2) is 17.3 Å². The zero-order valence-corrected chi connectivity index (χ0v) is 15.9. The smallest absolute Gasteiger partial charge is 0.257 e. The molecule has 4 aromatic rings. The summed E-state index contributed by atoms with van der Waals surface area (Å²) in [6, 6.07) is 6.62. The van der Waals surface area contributed by atoms with Crippen molar-refractivity contribution in [1.29, 1.82) is 0 Å². The molecule has 4 rings (SSSR count). The third kappa shape index (κ3) is 3.01. The predicted octanol–water partition coefficient (Wildman–Crippen LogP) is 2.72. The first-order valence-electron chi connectivity index (χ1n) is 8.02. The van der Waals surface area contributed by atoms with Crippen LogP contribution < -0.4 is 19.5 Å². The molecule has 0 atom stereocenters. The van der Waals surface area contributed by atoms with Crippen molar-refractivity contribution >= 4 is 27.3 Å². The Kier molecular flexibility index (Phi) is 4.57. The van der Waals surface area contributed by atoms with E-state index in [9.17, 15) is 4.79 Å². The maximum absolute atomic E-state index is 12.7. The van der Waals surface area contributed by atoms with Crippen LogP contribution in [0.25, 0.3) is 16.5 Å². The van der Waals surface area contributed by atoms with Gasteiger partial charge in [-0.15, -0.1) is 15.3 Å². The summed E-state index contributed by atoms with van der Waals surface area (Å²) in [5.74, 6) is 1.76. The molecule has 3 heterocycles. The van der Waals surface area contributed by atoms with Gasteiger partial charge >= 0.3 is 0 Å². The van der Waals surface area contributed by atoms with Gasteiger partial charge in [0.1, 0.15) is 0 Å². The van der Waals surface area contributed by atoms with Crippen molar-refractivity contribution in [3.63, 3.8) is 0 Å². The summed E-state index contributed by atoms with van der Waals surface area (Å²) in [5, 5.41) is 15.5. The van der Waals surface area contributed by atoms with Gasteiger partial charge < -0.3 is 18.6 Å². The van der Waals surface area contributed by atoms with Crippen molar-refractivity contribution in [2.75, 3.05) is 26.6 Å². The molecule has 0 radical (unpaired) electrons. The number of carbonyl (C=O) groups excluding carboxylic acids is 1. The van der Waals surface area contributed by atoms with Crippen molar-refractivity contribution in [2.24, 2.45) is 0 Å². The SMILES string of the molecule is COc1cc(C(=O)Nc2nn3c(-c4ccco4)nnc3s2)cc(OC)c1OC. The lowest BCUT2D eigenvalue weighted by atomic mass is 10.1. The standard InChI is InChI=1S/C17H15N5O5S/c1-24-11-7-9(8-12(25-2)13(11)26-3)15(23)18-16-21-22-14(10-5-4-6-27-10)19-20-17(22)28-16/h4-8H,1-3H3,(H,18,21,23). The number of furan rings is 1. The van der Waals surface area contributed by atoms with Crippen LogP contribution in [0.5, 0.6) is 17.2 Å². The summed E-state index contributed by atoms with van der Waals surface area (Å²) in [6.45, 7) is 0. The van der Waals surface area contributed by atoms with Gasteiger partial charge in [0.05, 0.1) is 27.6 Å². The topological polar surface area (TPSA) is 113 Å². The Morgan fingerprint density at radius 1 is 1.14 bits per heavy atom. The number of hydrogen-bond acceptors (Lipinski definition) is 9. The lowest BCUT2D eigenvalue weighted by molar-refractivity contribution is 0.102. The summed E-state index contributed by atoms with van der Waals surface area (Å²) in [5.41, 5.74) is 0.326. The Labute approximate surface area is 162 Å². The molecule has 0 spiro atoms. The molecule has 0 aliphatic rings. The number of rotatable bonds is 6. The number of nitrogens with zero attached hydrogens (tertiary/aromatic N) is 4. The van der Waals surface area contributed by atoms with Crippen molar-refractivity contribution < 1.29 is 23.4 Å². The van der Waals surface area contributed by atoms with Gasteiger partial charge in [-0.3, -0.25) is 10.1 Å². The van der Waals surface area contributed by atoms with E-state index in [0.29, 0.717) is 44.5 Å². The Balaban J connectivity index is 1.64. The molecular formula is C17H15N5O5S. The first kappa shape index (κ1) is 17.8. The lowest BCUT2D eigenvalue weighted by Crippen LogP contribution is -2.12. The van der Waals surface area contributed by atoms with Crippen LogP contribution in [0.1, 0.15) is 10.4 Å². The quantitative estimate of drug-likeness (QED) is 0.525. The van der Waals surface area contributed by atoms with Gasteiger partial charge in [0.2, 0.25) is 21.7 Å². The molecule has 0 saturated heterocycles. The third-order valence-electron chi connectivity index (χ3n) is 3.88. The summed E-state index contributed by atoms with van der Waals surface area (Å²) in [4.78, 5) is 13.2. The van der Waals surface area contributed by atoms with Crippen LogP contribution in [0.2, 0.25) is 0 Å². The highest BCUT2D eigenvalue weighted by molar-refractivity contribution is 7.20. The second-order valence-corrected chi connectivity index (χ2v) is 6.43. The van der Waals surface area contributed by atoms with Crippen LogP contribution in [0.3, 0.4) is 0 Å². The molecule has 10 nitrogen and oxygen atoms in total. The first-order chi connectivity index (χ1) is 13.6. The highest BCUT2D eigenvalue weighted by Crippen LogP contribution is 2.38. The van der Waals surface area contributed by atoms with Crippen molar-refractivity contribution in [2.45, 2.75) is 0 Å². The van der Waals surface area contributed by atoms with E-state index < -0.39 is 0 Å². The largest absolute Gasteiger partial charge is 0.493 e. The minimum atomic E-state index is -0.385. The average molecular weight is 401 g/mol. The maximum atomic E-state index is 12.7. The molecule has 3 aromatic heterocycles. The fourth-order valence-electron chi connectivity index (χ4n) is 2.61. The monoisotopic (exact) mass is 401 g/mol. The number of methoxy groups -OCH3 is 3. The Morgan fingerprint density at radius 3 is 2.50 bits per heavy atom. The van der Waals surface area contributed by atoms with Gasteiger partial charge in [-0.1, -0.05) is 11.3 Å². The Hall–Kier alpha value is -3.60. The fraction of sp³-hybridized carbons (Fsp3) is 0.176. The molecule has 0 unspecified atom stereocenters. The van der Waals surface area contributed by atoms with E-state index in [1.807, 2.05) is 0 Å². The fourth-order valence-corrected chi connectivity index (χ4v) is 3.34. The molecular weight excluding hydrogens is 386 g/mol. The predicted molar refractivity (Wildman–Crippen MR) is 100 cm³/mol. The van der Waals surface area contributed by atoms with Crippen LogP contribution in [-0.4, -0.2) is 47.0 Å². The van der Waals surface area contributed by atoms with Gasteiger partial charge in [-0.25, -0.2) is 0 Å². The van der Waals surface area contributed by atoms with Crippen molar-refractivity contribution in [3.8, 4) is 28.8 Å². The highest BCUT2D eigenvalue weighted by atomic mass is 32.1. The van der Waals surface area contributed by atoms with E-state index in [2.05, 4.69) is 20.6 Å². The van der Waals surface area contributed by atoms with Gasteiger partial charge in [0, 0.05) is 5.56 Å². The minimum absolute atomic E-state index is 0.326. The van der Waals surface area contributed by atoms with E-state index in [4.69, 9.17) is 18.6 Å². The number of benzene rings is 1. The zero-order valence-electron chi connectivity index (χ0n) is 15.1. The van der Waals surface area contributed by atoms with E-state index in [1.165, 1.54) is 43.4 Å². The lowest BCUT2D eigenvalue weighted by Gasteiger charge is -2.13. The zero-order chi connectivity index (χ0) is 19.7. The normalized spacial score (nSPS) is 10.8. The first-order valence-corrected chi connectivity index (χ1v) is 8.83. The number of hydrogen-bond donors (Lipinski definition) is 1. The number of anilines is 1.